The van der Waals surface area contributed by atoms with Gasteiger partial charge < -0.3 is 5.11 Å². The van der Waals surface area contributed by atoms with Crippen LogP contribution in [0.4, 0.5) is 0 Å². The van der Waals surface area contributed by atoms with Gasteiger partial charge in [0, 0.05) is 5.92 Å². The molecule has 1 N–H and O–H groups in total. The van der Waals surface area contributed by atoms with E-state index in [1.807, 2.05) is 6.92 Å². The lowest BCUT2D eigenvalue weighted by Gasteiger charge is -2.35. The molecule has 0 aromatic rings. The quantitative estimate of drug-likeness (QED) is 0.738. The zero-order chi connectivity index (χ0) is 12.3. The molecule has 2 heteroatoms. The molecule has 90 valence electrons. The van der Waals surface area contributed by atoms with Gasteiger partial charge in [-0.05, 0) is 40.0 Å². The Balaban J connectivity index is 3.07. The summed E-state index contributed by atoms with van der Waals surface area (Å²) < 4.78 is 0. The van der Waals surface area contributed by atoms with Gasteiger partial charge in [0.15, 0.2) is 0 Å². The van der Waals surface area contributed by atoms with Crippen molar-refractivity contribution in [3.8, 4) is 0 Å². The lowest BCUT2D eigenvalue weighted by Crippen LogP contribution is -2.36. The first kappa shape index (κ1) is 13.0. The summed E-state index contributed by atoms with van der Waals surface area (Å²) in [6.07, 6.45) is 6.87. The lowest BCUT2D eigenvalue weighted by atomic mass is 9.68. The van der Waals surface area contributed by atoms with Crippen LogP contribution in [0.25, 0.3) is 0 Å². The van der Waals surface area contributed by atoms with Crippen molar-refractivity contribution in [3.05, 3.63) is 23.3 Å². The molecule has 0 aromatic heterocycles. The van der Waals surface area contributed by atoms with E-state index in [0.717, 1.165) is 19.3 Å². The third-order valence-corrected chi connectivity index (χ3v) is 3.75. The summed E-state index contributed by atoms with van der Waals surface area (Å²) >= 11 is 0. The summed E-state index contributed by atoms with van der Waals surface area (Å²) in [6, 6.07) is 0. The van der Waals surface area contributed by atoms with Gasteiger partial charge in [-0.2, -0.15) is 0 Å². The van der Waals surface area contributed by atoms with Crippen molar-refractivity contribution in [1.29, 1.82) is 0 Å². The minimum Gasteiger partial charge on any atom is -0.481 e. The van der Waals surface area contributed by atoms with Crippen LogP contribution in [0.5, 0.6) is 0 Å². The van der Waals surface area contributed by atoms with Crippen LogP contribution in [0, 0.1) is 11.3 Å². The Morgan fingerprint density at radius 3 is 2.81 bits per heavy atom. The maximum Gasteiger partial charge on any atom is 0.310 e. The molecule has 0 radical (unpaired) electrons. The highest BCUT2D eigenvalue weighted by Gasteiger charge is 2.40. The number of allylic oxidation sites excluding steroid dienone is 4. The van der Waals surface area contributed by atoms with E-state index >= 15 is 0 Å². The average molecular weight is 222 g/mol. The molecule has 0 amide bonds. The lowest BCUT2D eigenvalue weighted by molar-refractivity contribution is -0.150. The van der Waals surface area contributed by atoms with Gasteiger partial charge in [-0.25, -0.2) is 0 Å². The molecule has 0 saturated heterocycles. The number of carboxylic acids is 1. The van der Waals surface area contributed by atoms with Crippen molar-refractivity contribution in [2.45, 2.75) is 47.0 Å². The van der Waals surface area contributed by atoms with Gasteiger partial charge in [-0.1, -0.05) is 30.2 Å². The summed E-state index contributed by atoms with van der Waals surface area (Å²) in [7, 11) is 0. The Bertz CT molecular complexity index is 339. The van der Waals surface area contributed by atoms with Crippen LogP contribution >= 0.6 is 0 Å². The zero-order valence-electron chi connectivity index (χ0n) is 10.7. The monoisotopic (exact) mass is 222 g/mol. The standard InChI is InChI=1S/C14H22O2/c1-5-10(2)8-12-9-11(3)6-7-14(12,4)13(15)16/h8-9,12H,5-7H2,1-4H3,(H,15,16)/b10-8-/t12?,14-/m0/s1. The third-order valence-electron chi connectivity index (χ3n) is 3.75. The Hall–Kier alpha value is -1.05. The second-order valence-corrected chi connectivity index (χ2v) is 5.13. The van der Waals surface area contributed by atoms with E-state index < -0.39 is 11.4 Å². The molecule has 1 aliphatic rings. The predicted molar refractivity (Wildman–Crippen MR) is 66.3 cm³/mol. The van der Waals surface area contributed by atoms with E-state index in [-0.39, 0.29) is 5.92 Å². The Morgan fingerprint density at radius 1 is 1.69 bits per heavy atom. The summed E-state index contributed by atoms with van der Waals surface area (Å²) in [5, 5.41) is 9.38. The summed E-state index contributed by atoms with van der Waals surface area (Å²) in [5.41, 5.74) is 1.95. The first-order chi connectivity index (χ1) is 7.40. The normalized spacial score (nSPS) is 31.1. The van der Waals surface area contributed by atoms with Crippen molar-refractivity contribution in [3.63, 3.8) is 0 Å². The Kier molecular flexibility index (Phi) is 3.95. The molecular formula is C14H22O2. The fourth-order valence-electron chi connectivity index (χ4n) is 2.10. The van der Waals surface area contributed by atoms with E-state index in [2.05, 4.69) is 32.9 Å². The largest absolute Gasteiger partial charge is 0.481 e. The highest BCUT2D eigenvalue weighted by molar-refractivity contribution is 5.75. The van der Waals surface area contributed by atoms with E-state index in [4.69, 9.17) is 0 Å². The van der Waals surface area contributed by atoms with Crippen LogP contribution in [-0.4, -0.2) is 11.1 Å². The highest BCUT2D eigenvalue weighted by Crippen LogP contribution is 2.41. The first-order valence-corrected chi connectivity index (χ1v) is 5.98. The van der Waals surface area contributed by atoms with E-state index in [0.29, 0.717) is 0 Å². The molecule has 1 aliphatic carbocycles. The fraction of sp³-hybridized carbons (Fsp3) is 0.643. The third kappa shape index (κ3) is 2.55. The molecule has 0 bridgehead atoms. The molecule has 0 heterocycles. The van der Waals surface area contributed by atoms with Gasteiger partial charge >= 0.3 is 5.97 Å². The molecule has 0 aromatic carbocycles. The number of hydrogen-bond acceptors (Lipinski definition) is 1. The number of rotatable bonds is 3. The molecule has 0 spiro atoms. The average Bonchev–Trinajstić information content (AvgIpc) is 2.23. The maximum atomic E-state index is 11.4. The maximum absolute atomic E-state index is 11.4. The fourth-order valence-corrected chi connectivity index (χ4v) is 2.10. The van der Waals surface area contributed by atoms with Crippen molar-refractivity contribution in [2.24, 2.45) is 11.3 Å². The van der Waals surface area contributed by atoms with Gasteiger partial charge in [0.1, 0.15) is 0 Å². The molecule has 1 unspecified atom stereocenters. The van der Waals surface area contributed by atoms with Crippen molar-refractivity contribution < 1.29 is 9.90 Å². The van der Waals surface area contributed by atoms with Gasteiger partial charge in [-0.3, -0.25) is 4.79 Å². The molecular weight excluding hydrogens is 200 g/mol. The van der Waals surface area contributed by atoms with Gasteiger partial charge in [0.2, 0.25) is 0 Å². The van der Waals surface area contributed by atoms with Crippen LogP contribution in [0.15, 0.2) is 23.3 Å². The highest BCUT2D eigenvalue weighted by atomic mass is 16.4. The molecule has 16 heavy (non-hydrogen) atoms. The Morgan fingerprint density at radius 2 is 2.31 bits per heavy atom. The smallest absolute Gasteiger partial charge is 0.310 e. The minimum absolute atomic E-state index is 0.0405. The van der Waals surface area contributed by atoms with Crippen molar-refractivity contribution >= 4 is 5.97 Å². The van der Waals surface area contributed by atoms with Crippen LogP contribution in [0.3, 0.4) is 0 Å². The Labute approximate surface area is 98.1 Å². The zero-order valence-corrected chi connectivity index (χ0v) is 10.7. The molecule has 2 atom stereocenters. The molecule has 1 rings (SSSR count). The summed E-state index contributed by atoms with van der Waals surface area (Å²) in [6.45, 7) is 8.12. The van der Waals surface area contributed by atoms with E-state index in [1.165, 1.54) is 11.1 Å². The number of aliphatic carboxylic acids is 1. The van der Waals surface area contributed by atoms with Gasteiger partial charge in [0.05, 0.1) is 5.41 Å². The molecule has 0 saturated carbocycles. The minimum atomic E-state index is -0.679. The van der Waals surface area contributed by atoms with Crippen LogP contribution in [0.2, 0.25) is 0 Å². The first-order valence-electron chi connectivity index (χ1n) is 5.98. The van der Waals surface area contributed by atoms with Crippen molar-refractivity contribution in [1.82, 2.24) is 0 Å². The second-order valence-electron chi connectivity index (χ2n) is 5.13. The topological polar surface area (TPSA) is 37.3 Å². The van der Waals surface area contributed by atoms with Crippen molar-refractivity contribution in [2.75, 3.05) is 0 Å². The molecule has 0 fully saturated rings. The predicted octanol–water partition coefficient (Wildman–Crippen LogP) is 3.79. The van der Waals surface area contributed by atoms with Gasteiger partial charge in [0.25, 0.3) is 0 Å². The summed E-state index contributed by atoms with van der Waals surface area (Å²) in [4.78, 5) is 11.4. The second kappa shape index (κ2) is 4.86. The number of carbonyl (C=O) groups is 1. The molecule has 2 nitrogen and oxygen atoms in total. The van der Waals surface area contributed by atoms with E-state index in [9.17, 15) is 9.90 Å². The van der Waals surface area contributed by atoms with Crippen LogP contribution in [0.1, 0.15) is 47.0 Å². The summed E-state index contributed by atoms with van der Waals surface area (Å²) in [5.74, 6) is -0.639. The molecule has 0 aliphatic heterocycles. The van der Waals surface area contributed by atoms with Crippen LogP contribution < -0.4 is 0 Å². The SMILES string of the molecule is CC/C(C)=C\C1C=C(C)CC[C@]1(C)C(=O)O. The van der Waals surface area contributed by atoms with E-state index in [1.54, 1.807) is 0 Å². The van der Waals surface area contributed by atoms with Crippen LogP contribution in [-0.2, 0) is 4.79 Å². The number of carboxylic acid groups (broad SMARTS) is 1. The number of hydrogen-bond donors (Lipinski definition) is 1. The van der Waals surface area contributed by atoms with Gasteiger partial charge in [-0.15, -0.1) is 0 Å².